The molecular weight excluding hydrogens is 266 g/mol. The zero-order valence-electron chi connectivity index (χ0n) is 10.9. The van der Waals surface area contributed by atoms with Gasteiger partial charge >= 0.3 is 0 Å². The third-order valence-corrected chi connectivity index (χ3v) is 3.17. The Bertz CT molecular complexity index is 622. The van der Waals surface area contributed by atoms with Gasteiger partial charge in [0.05, 0.1) is 12.1 Å². The molecule has 5 nitrogen and oxygen atoms in total. The summed E-state index contributed by atoms with van der Waals surface area (Å²) in [6.07, 6.45) is 0. The number of amides is 1. The number of hydrogen-bond acceptors (Lipinski definition) is 3. The number of benzene rings is 1. The predicted octanol–water partition coefficient (Wildman–Crippen LogP) is 2.94. The van der Waals surface area contributed by atoms with E-state index in [0.717, 1.165) is 11.3 Å². The largest absolute Gasteiger partial charge is 0.495 e. The molecule has 2 rings (SSSR count). The number of rotatable bonds is 3. The van der Waals surface area contributed by atoms with Gasteiger partial charge in [-0.2, -0.15) is 5.10 Å². The van der Waals surface area contributed by atoms with Crippen LogP contribution in [0.3, 0.4) is 0 Å². The third-order valence-electron chi connectivity index (χ3n) is 2.88. The van der Waals surface area contributed by atoms with Crippen molar-refractivity contribution in [2.24, 2.45) is 0 Å². The van der Waals surface area contributed by atoms with E-state index in [2.05, 4.69) is 15.5 Å². The molecule has 0 fully saturated rings. The van der Waals surface area contributed by atoms with Crippen LogP contribution >= 0.6 is 11.6 Å². The summed E-state index contributed by atoms with van der Waals surface area (Å²) in [6, 6.07) is 5.05. The van der Waals surface area contributed by atoms with Crippen molar-refractivity contribution in [1.82, 2.24) is 10.2 Å². The van der Waals surface area contributed by atoms with Crippen LogP contribution in [-0.2, 0) is 0 Å². The molecule has 19 heavy (non-hydrogen) atoms. The summed E-state index contributed by atoms with van der Waals surface area (Å²) in [6.45, 7) is 3.71. The van der Waals surface area contributed by atoms with E-state index >= 15 is 0 Å². The van der Waals surface area contributed by atoms with Crippen LogP contribution in [0.15, 0.2) is 18.2 Å². The molecule has 2 N–H and O–H groups in total. The summed E-state index contributed by atoms with van der Waals surface area (Å²) in [5.41, 5.74) is 2.68. The minimum atomic E-state index is -0.275. The maximum absolute atomic E-state index is 12.0. The van der Waals surface area contributed by atoms with E-state index in [1.54, 1.807) is 18.2 Å². The van der Waals surface area contributed by atoms with Gasteiger partial charge in [-0.1, -0.05) is 11.6 Å². The van der Waals surface area contributed by atoms with Gasteiger partial charge < -0.3 is 10.1 Å². The zero-order chi connectivity index (χ0) is 14.0. The highest BCUT2D eigenvalue weighted by molar-refractivity contribution is 6.32. The van der Waals surface area contributed by atoms with Crippen molar-refractivity contribution in [3.63, 3.8) is 0 Å². The van der Waals surface area contributed by atoms with Crippen LogP contribution in [0.2, 0.25) is 5.02 Å². The number of aromatic nitrogens is 2. The highest BCUT2D eigenvalue weighted by Gasteiger charge is 2.15. The second-order valence-corrected chi connectivity index (χ2v) is 4.53. The van der Waals surface area contributed by atoms with Crippen LogP contribution in [0, 0.1) is 13.8 Å². The SMILES string of the molecule is COc1ccc(NC(=O)c2n[nH]c(C)c2C)cc1Cl. The number of aryl methyl sites for hydroxylation is 1. The van der Waals surface area contributed by atoms with E-state index in [0.29, 0.717) is 22.2 Å². The van der Waals surface area contributed by atoms with E-state index in [-0.39, 0.29) is 5.91 Å². The Kier molecular flexibility index (Phi) is 3.76. The minimum Gasteiger partial charge on any atom is -0.495 e. The van der Waals surface area contributed by atoms with Crippen LogP contribution in [0.25, 0.3) is 0 Å². The summed E-state index contributed by atoms with van der Waals surface area (Å²) in [7, 11) is 1.54. The van der Waals surface area contributed by atoms with Gasteiger partial charge in [0.15, 0.2) is 5.69 Å². The van der Waals surface area contributed by atoms with Crippen LogP contribution in [0.1, 0.15) is 21.7 Å². The van der Waals surface area contributed by atoms with E-state index in [9.17, 15) is 4.79 Å². The molecule has 0 radical (unpaired) electrons. The van der Waals surface area contributed by atoms with Gasteiger partial charge in [0.2, 0.25) is 0 Å². The lowest BCUT2D eigenvalue weighted by Crippen LogP contribution is -2.13. The molecule has 0 unspecified atom stereocenters. The molecule has 0 spiro atoms. The van der Waals surface area contributed by atoms with E-state index in [4.69, 9.17) is 16.3 Å². The monoisotopic (exact) mass is 279 g/mol. The van der Waals surface area contributed by atoms with Gasteiger partial charge in [-0.3, -0.25) is 9.89 Å². The molecule has 1 heterocycles. The lowest BCUT2D eigenvalue weighted by molar-refractivity contribution is 0.102. The van der Waals surface area contributed by atoms with Crippen molar-refractivity contribution in [3.8, 4) is 5.75 Å². The van der Waals surface area contributed by atoms with Crippen molar-refractivity contribution in [3.05, 3.63) is 40.2 Å². The van der Waals surface area contributed by atoms with Crippen LogP contribution in [-0.4, -0.2) is 23.2 Å². The summed E-state index contributed by atoms with van der Waals surface area (Å²) in [5, 5.41) is 9.93. The maximum Gasteiger partial charge on any atom is 0.276 e. The third kappa shape index (κ3) is 2.71. The molecule has 1 aromatic heterocycles. The smallest absolute Gasteiger partial charge is 0.276 e. The normalized spacial score (nSPS) is 10.3. The van der Waals surface area contributed by atoms with Gasteiger partial charge in [-0.25, -0.2) is 0 Å². The summed E-state index contributed by atoms with van der Waals surface area (Å²) >= 11 is 6.00. The number of H-pyrrole nitrogens is 1. The second kappa shape index (κ2) is 5.32. The minimum absolute atomic E-state index is 0.275. The number of methoxy groups -OCH3 is 1. The molecule has 0 aliphatic heterocycles. The average molecular weight is 280 g/mol. The lowest BCUT2D eigenvalue weighted by Gasteiger charge is -2.07. The number of hydrogen-bond donors (Lipinski definition) is 2. The summed E-state index contributed by atoms with van der Waals surface area (Å²) in [5.74, 6) is 0.287. The Morgan fingerprint density at radius 2 is 2.16 bits per heavy atom. The van der Waals surface area contributed by atoms with Crippen LogP contribution < -0.4 is 10.1 Å². The van der Waals surface area contributed by atoms with Crippen molar-refractivity contribution in [2.45, 2.75) is 13.8 Å². The second-order valence-electron chi connectivity index (χ2n) is 4.13. The number of halogens is 1. The number of carbonyl (C=O) groups is 1. The Balaban J connectivity index is 2.19. The molecule has 100 valence electrons. The quantitative estimate of drug-likeness (QED) is 0.908. The Morgan fingerprint density at radius 1 is 1.42 bits per heavy atom. The molecule has 1 amide bonds. The molecule has 0 atom stereocenters. The number of nitrogens with zero attached hydrogens (tertiary/aromatic N) is 1. The number of ether oxygens (including phenoxy) is 1. The first-order chi connectivity index (χ1) is 9.02. The van der Waals surface area contributed by atoms with E-state index in [1.807, 2.05) is 13.8 Å². The molecule has 2 aromatic rings. The molecule has 0 bridgehead atoms. The highest BCUT2D eigenvalue weighted by atomic mass is 35.5. The van der Waals surface area contributed by atoms with Gasteiger partial charge in [0, 0.05) is 16.9 Å². The first kappa shape index (κ1) is 13.4. The summed E-state index contributed by atoms with van der Waals surface area (Å²) < 4.78 is 5.05. The number of aromatic amines is 1. The topological polar surface area (TPSA) is 67.0 Å². The number of carbonyl (C=O) groups excluding carboxylic acids is 1. The van der Waals surface area contributed by atoms with Gasteiger partial charge in [0.1, 0.15) is 5.75 Å². The molecule has 0 aliphatic rings. The molecule has 0 saturated carbocycles. The predicted molar refractivity (Wildman–Crippen MR) is 74.0 cm³/mol. The van der Waals surface area contributed by atoms with Crippen molar-refractivity contribution < 1.29 is 9.53 Å². The first-order valence-electron chi connectivity index (χ1n) is 5.69. The van der Waals surface area contributed by atoms with E-state index < -0.39 is 0 Å². The zero-order valence-corrected chi connectivity index (χ0v) is 11.6. The van der Waals surface area contributed by atoms with Gasteiger partial charge in [-0.15, -0.1) is 0 Å². The summed E-state index contributed by atoms with van der Waals surface area (Å²) in [4.78, 5) is 12.0. The van der Waals surface area contributed by atoms with Crippen molar-refractivity contribution in [2.75, 3.05) is 12.4 Å². The molecule has 0 aliphatic carbocycles. The maximum atomic E-state index is 12.0. The van der Waals surface area contributed by atoms with Gasteiger partial charge in [0.25, 0.3) is 5.91 Å². The van der Waals surface area contributed by atoms with Crippen LogP contribution in [0.4, 0.5) is 5.69 Å². The average Bonchev–Trinajstić information content (AvgIpc) is 2.70. The van der Waals surface area contributed by atoms with Crippen LogP contribution in [0.5, 0.6) is 5.75 Å². The Labute approximate surface area is 115 Å². The Morgan fingerprint density at radius 3 is 2.68 bits per heavy atom. The van der Waals surface area contributed by atoms with Gasteiger partial charge in [-0.05, 0) is 32.0 Å². The molecular formula is C13H14ClN3O2. The highest BCUT2D eigenvalue weighted by Crippen LogP contribution is 2.27. The standard InChI is InChI=1S/C13H14ClN3O2/c1-7-8(2)16-17-12(7)13(18)15-9-4-5-11(19-3)10(14)6-9/h4-6H,1-3H3,(H,15,18)(H,16,17). The van der Waals surface area contributed by atoms with Crippen molar-refractivity contribution in [1.29, 1.82) is 0 Å². The van der Waals surface area contributed by atoms with Crippen molar-refractivity contribution >= 4 is 23.2 Å². The Hall–Kier alpha value is -2.01. The fourth-order valence-electron chi connectivity index (χ4n) is 1.64. The lowest BCUT2D eigenvalue weighted by atomic mass is 10.2. The fraction of sp³-hybridized carbons (Fsp3) is 0.231. The number of nitrogens with one attached hydrogen (secondary N) is 2. The van der Waals surface area contributed by atoms with E-state index in [1.165, 1.54) is 7.11 Å². The molecule has 6 heteroatoms. The molecule has 0 saturated heterocycles. The fourth-order valence-corrected chi connectivity index (χ4v) is 1.90. The number of anilines is 1. The molecule has 1 aromatic carbocycles. The first-order valence-corrected chi connectivity index (χ1v) is 6.07.